The van der Waals surface area contributed by atoms with Gasteiger partial charge < -0.3 is 10.6 Å². The number of hydrogen-bond acceptors (Lipinski definition) is 5. The van der Waals surface area contributed by atoms with E-state index in [-0.39, 0.29) is 5.91 Å². The molecular weight excluding hydrogens is 350 g/mol. The Morgan fingerprint density at radius 1 is 1.15 bits per heavy atom. The van der Waals surface area contributed by atoms with Crippen LogP contribution in [0, 0.1) is 13.8 Å². The first-order valence-corrected chi connectivity index (χ1v) is 8.45. The lowest BCUT2D eigenvalue weighted by molar-refractivity contribution is 0.0945. The van der Waals surface area contributed by atoms with Gasteiger partial charge in [-0.25, -0.2) is 9.97 Å². The van der Waals surface area contributed by atoms with Gasteiger partial charge in [0.15, 0.2) is 0 Å². The maximum absolute atomic E-state index is 12.4. The van der Waals surface area contributed by atoms with E-state index in [0.717, 1.165) is 16.8 Å². The van der Waals surface area contributed by atoms with Gasteiger partial charge >= 0.3 is 0 Å². The van der Waals surface area contributed by atoms with Crippen LogP contribution in [0.1, 0.15) is 27.4 Å². The molecule has 3 aromatic rings. The second-order valence-corrected chi connectivity index (χ2v) is 6.25. The summed E-state index contributed by atoms with van der Waals surface area (Å²) >= 11 is 5.99. The zero-order chi connectivity index (χ0) is 18.5. The zero-order valence-electron chi connectivity index (χ0n) is 14.5. The molecule has 1 aromatic carbocycles. The summed E-state index contributed by atoms with van der Waals surface area (Å²) in [5.41, 5.74) is 3.07. The minimum absolute atomic E-state index is 0.268. The molecule has 2 heterocycles. The van der Waals surface area contributed by atoms with E-state index in [1.165, 1.54) is 0 Å². The highest BCUT2D eigenvalue weighted by Gasteiger charge is 2.11. The fourth-order valence-electron chi connectivity index (χ4n) is 2.43. The first-order valence-electron chi connectivity index (χ1n) is 8.07. The Balaban J connectivity index is 1.75. The van der Waals surface area contributed by atoms with Crippen LogP contribution >= 0.6 is 11.6 Å². The molecule has 132 valence electrons. The Kier molecular flexibility index (Phi) is 5.43. The SMILES string of the molecule is Cc1nc(Nc2ccc(Cl)cc2C)cc(C(=O)NCc2cccnc2)n1. The van der Waals surface area contributed by atoms with Gasteiger partial charge in [-0.05, 0) is 49.2 Å². The molecule has 0 bridgehead atoms. The second kappa shape index (κ2) is 7.93. The Labute approximate surface area is 156 Å². The average molecular weight is 368 g/mol. The smallest absolute Gasteiger partial charge is 0.270 e. The Hall–Kier alpha value is -2.99. The normalized spacial score (nSPS) is 10.4. The maximum atomic E-state index is 12.4. The van der Waals surface area contributed by atoms with Crippen molar-refractivity contribution >= 4 is 29.0 Å². The van der Waals surface area contributed by atoms with E-state index >= 15 is 0 Å². The van der Waals surface area contributed by atoms with Crippen molar-refractivity contribution < 1.29 is 4.79 Å². The Bertz CT molecular complexity index is 930. The summed E-state index contributed by atoms with van der Waals surface area (Å²) in [4.78, 5) is 25.0. The first-order chi connectivity index (χ1) is 12.5. The molecule has 0 aliphatic rings. The molecule has 0 aliphatic heterocycles. The lowest BCUT2D eigenvalue weighted by Gasteiger charge is -2.11. The second-order valence-electron chi connectivity index (χ2n) is 5.81. The molecule has 0 spiro atoms. The van der Waals surface area contributed by atoms with Gasteiger partial charge in [-0.1, -0.05) is 17.7 Å². The number of amides is 1. The number of nitrogens with one attached hydrogen (secondary N) is 2. The molecular formula is C19H18ClN5O. The summed E-state index contributed by atoms with van der Waals surface area (Å²) in [5, 5.41) is 6.72. The molecule has 0 saturated heterocycles. The van der Waals surface area contributed by atoms with Crippen molar-refractivity contribution in [3.63, 3.8) is 0 Å². The van der Waals surface area contributed by atoms with Crippen LogP contribution in [0.4, 0.5) is 11.5 Å². The quantitative estimate of drug-likeness (QED) is 0.716. The van der Waals surface area contributed by atoms with E-state index in [1.807, 2.05) is 31.2 Å². The third-order valence-electron chi connectivity index (χ3n) is 3.70. The van der Waals surface area contributed by atoms with Gasteiger partial charge in [0.25, 0.3) is 5.91 Å². The molecule has 0 atom stereocenters. The topological polar surface area (TPSA) is 79.8 Å². The molecule has 1 amide bonds. The van der Waals surface area contributed by atoms with E-state index < -0.39 is 0 Å². The van der Waals surface area contributed by atoms with Crippen molar-refractivity contribution in [2.75, 3.05) is 5.32 Å². The lowest BCUT2D eigenvalue weighted by Crippen LogP contribution is -2.24. The molecule has 2 aromatic heterocycles. The highest BCUT2D eigenvalue weighted by Crippen LogP contribution is 2.23. The van der Waals surface area contributed by atoms with Crippen LogP contribution in [-0.2, 0) is 6.54 Å². The molecule has 3 rings (SSSR count). The highest BCUT2D eigenvalue weighted by molar-refractivity contribution is 6.30. The molecule has 7 heteroatoms. The van der Waals surface area contributed by atoms with Crippen molar-refractivity contribution in [1.29, 1.82) is 0 Å². The van der Waals surface area contributed by atoms with Crippen LogP contribution in [0.5, 0.6) is 0 Å². The number of hydrogen-bond donors (Lipinski definition) is 2. The number of aromatic nitrogens is 3. The number of carbonyl (C=O) groups is 1. The largest absolute Gasteiger partial charge is 0.347 e. The predicted molar refractivity (Wildman–Crippen MR) is 102 cm³/mol. The number of nitrogens with zero attached hydrogens (tertiary/aromatic N) is 3. The van der Waals surface area contributed by atoms with Gasteiger partial charge in [0, 0.05) is 35.7 Å². The lowest BCUT2D eigenvalue weighted by atomic mass is 10.2. The first kappa shape index (κ1) is 17.8. The Morgan fingerprint density at radius 3 is 2.73 bits per heavy atom. The van der Waals surface area contributed by atoms with Crippen LogP contribution in [-0.4, -0.2) is 20.9 Å². The molecule has 0 saturated carbocycles. The summed E-state index contributed by atoms with van der Waals surface area (Å²) in [7, 11) is 0. The molecule has 2 N–H and O–H groups in total. The molecule has 6 nitrogen and oxygen atoms in total. The minimum Gasteiger partial charge on any atom is -0.347 e. The number of benzene rings is 1. The molecule has 0 aliphatic carbocycles. The summed E-state index contributed by atoms with van der Waals surface area (Å²) < 4.78 is 0. The van der Waals surface area contributed by atoms with Gasteiger partial charge in [-0.2, -0.15) is 0 Å². The van der Waals surface area contributed by atoms with Gasteiger partial charge in [-0.15, -0.1) is 0 Å². The monoisotopic (exact) mass is 367 g/mol. The fourth-order valence-corrected chi connectivity index (χ4v) is 2.66. The average Bonchev–Trinajstić information content (AvgIpc) is 2.62. The molecule has 0 unspecified atom stereocenters. The van der Waals surface area contributed by atoms with Crippen molar-refractivity contribution in [3.05, 3.63) is 76.5 Å². The summed E-state index contributed by atoms with van der Waals surface area (Å²) in [6, 6.07) is 10.9. The minimum atomic E-state index is -0.268. The standard InChI is InChI=1S/C19H18ClN5O/c1-12-8-15(20)5-6-16(12)25-18-9-17(23-13(2)24-18)19(26)22-11-14-4-3-7-21-10-14/h3-10H,11H2,1-2H3,(H,22,26)(H,23,24,25). The number of carbonyl (C=O) groups excluding carboxylic acids is 1. The maximum Gasteiger partial charge on any atom is 0.270 e. The van der Waals surface area contributed by atoms with Crippen molar-refractivity contribution in [2.24, 2.45) is 0 Å². The van der Waals surface area contributed by atoms with E-state index in [1.54, 1.807) is 31.5 Å². The summed E-state index contributed by atoms with van der Waals surface area (Å²) in [5.74, 6) is 0.790. The van der Waals surface area contributed by atoms with Crippen molar-refractivity contribution in [1.82, 2.24) is 20.3 Å². The highest BCUT2D eigenvalue weighted by atomic mass is 35.5. The van der Waals surface area contributed by atoms with Gasteiger partial charge in [0.2, 0.25) is 0 Å². The number of halogens is 1. The van der Waals surface area contributed by atoms with Crippen LogP contribution in [0.25, 0.3) is 0 Å². The van der Waals surface area contributed by atoms with Crippen LogP contribution in [0.3, 0.4) is 0 Å². The van der Waals surface area contributed by atoms with Crippen LogP contribution < -0.4 is 10.6 Å². The van der Waals surface area contributed by atoms with Gasteiger partial charge in [0.1, 0.15) is 17.3 Å². The predicted octanol–water partition coefficient (Wildman–Crippen LogP) is 3.82. The van der Waals surface area contributed by atoms with Crippen LogP contribution in [0.2, 0.25) is 5.02 Å². The summed E-state index contributed by atoms with van der Waals surface area (Å²) in [6.07, 6.45) is 3.40. The number of aryl methyl sites for hydroxylation is 2. The van der Waals surface area contributed by atoms with Crippen LogP contribution in [0.15, 0.2) is 48.8 Å². The third kappa shape index (κ3) is 4.55. The molecule has 0 fully saturated rings. The van der Waals surface area contributed by atoms with E-state index in [9.17, 15) is 4.79 Å². The number of rotatable bonds is 5. The fraction of sp³-hybridized carbons (Fsp3) is 0.158. The van der Waals surface area contributed by atoms with E-state index in [4.69, 9.17) is 11.6 Å². The molecule has 26 heavy (non-hydrogen) atoms. The summed E-state index contributed by atoms with van der Waals surface area (Å²) in [6.45, 7) is 4.08. The van der Waals surface area contributed by atoms with Crippen molar-refractivity contribution in [3.8, 4) is 0 Å². The van der Waals surface area contributed by atoms with E-state index in [0.29, 0.717) is 28.9 Å². The number of anilines is 2. The number of pyridine rings is 1. The van der Waals surface area contributed by atoms with E-state index in [2.05, 4.69) is 25.6 Å². The Morgan fingerprint density at radius 2 is 2.00 bits per heavy atom. The molecule has 0 radical (unpaired) electrons. The zero-order valence-corrected chi connectivity index (χ0v) is 15.2. The third-order valence-corrected chi connectivity index (χ3v) is 3.93. The van der Waals surface area contributed by atoms with Crippen molar-refractivity contribution in [2.45, 2.75) is 20.4 Å². The van der Waals surface area contributed by atoms with Gasteiger partial charge in [-0.3, -0.25) is 9.78 Å². The van der Waals surface area contributed by atoms with Gasteiger partial charge in [0.05, 0.1) is 0 Å².